The number of carbonyl (C=O) groups is 1. The number of carbonyl (C=O) groups excluding carboxylic acids is 1. The second-order valence-electron chi connectivity index (χ2n) is 5.67. The minimum absolute atomic E-state index is 0.187. The molecule has 0 saturated carbocycles. The normalized spacial score (nSPS) is 10.7. The van der Waals surface area contributed by atoms with E-state index in [4.69, 9.17) is 11.6 Å². The number of nitrogens with zero attached hydrogens (tertiary/aromatic N) is 2. The van der Waals surface area contributed by atoms with Crippen molar-refractivity contribution in [3.63, 3.8) is 0 Å². The monoisotopic (exact) mass is 357 g/mol. The fraction of sp³-hybridized carbons (Fsp3) is 0.158. The van der Waals surface area contributed by atoms with Crippen LogP contribution in [-0.4, -0.2) is 22.2 Å². The van der Waals surface area contributed by atoms with Gasteiger partial charge in [-0.3, -0.25) is 4.79 Å². The third kappa shape index (κ3) is 4.06. The summed E-state index contributed by atoms with van der Waals surface area (Å²) in [5.41, 5.74) is 3.02. The molecule has 1 amide bonds. The average Bonchev–Trinajstić information content (AvgIpc) is 2.98. The number of halogens is 2. The highest BCUT2D eigenvalue weighted by Crippen LogP contribution is 2.18. The van der Waals surface area contributed by atoms with Gasteiger partial charge in [0.05, 0.1) is 23.1 Å². The van der Waals surface area contributed by atoms with E-state index in [2.05, 4.69) is 10.4 Å². The molecule has 4 nitrogen and oxygen atoms in total. The highest BCUT2D eigenvalue weighted by Gasteiger charge is 2.14. The summed E-state index contributed by atoms with van der Waals surface area (Å²) in [7, 11) is 0. The quantitative estimate of drug-likeness (QED) is 0.751. The van der Waals surface area contributed by atoms with Crippen LogP contribution >= 0.6 is 11.6 Å². The molecule has 25 heavy (non-hydrogen) atoms. The van der Waals surface area contributed by atoms with Crippen molar-refractivity contribution in [3.05, 3.63) is 82.4 Å². The summed E-state index contributed by atoms with van der Waals surface area (Å²) in [6, 6.07) is 13.5. The Morgan fingerprint density at radius 2 is 2.00 bits per heavy atom. The van der Waals surface area contributed by atoms with Crippen LogP contribution in [-0.2, 0) is 6.42 Å². The number of hydrogen-bond donors (Lipinski definition) is 1. The highest BCUT2D eigenvalue weighted by atomic mass is 35.5. The molecule has 0 bridgehead atoms. The van der Waals surface area contributed by atoms with Gasteiger partial charge in [-0.05, 0) is 49.2 Å². The zero-order chi connectivity index (χ0) is 17.8. The molecule has 0 fully saturated rings. The highest BCUT2D eigenvalue weighted by molar-refractivity contribution is 6.30. The Kier molecular flexibility index (Phi) is 5.14. The molecule has 1 heterocycles. The van der Waals surface area contributed by atoms with Crippen LogP contribution in [0.15, 0.2) is 54.7 Å². The van der Waals surface area contributed by atoms with E-state index in [1.807, 2.05) is 19.1 Å². The molecule has 0 saturated heterocycles. The molecule has 128 valence electrons. The molecule has 3 aromatic rings. The van der Waals surface area contributed by atoms with E-state index in [9.17, 15) is 9.18 Å². The van der Waals surface area contributed by atoms with E-state index in [1.54, 1.807) is 35.1 Å². The van der Waals surface area contributed by atoms with Crippen LogP contribution in [0.1, 0.15) is 21.6 Å². The maximum atomic E-state index is 12.9. The molecule has 6 heteroatoms. The lowest BCUT2D eigenvalue weighted by molar-refractivity contribution is 0.0953. The van der Waals surface area contributed by atoms with Gasteiger partial charge < -0.3 is 5.32 Å². The van der Waals surface area contributed by atoms with Crippen LogP contribution in [0.5, 0.6) is 0 Å². The SMILES string of the molecule is Cc1c(C(=O)NCCc2ccc(F)cc2)cnn1-c1cccc(Cl)c1. The molecule has 0 aliphatic heterocycles. The van der Waals surface area contributed by atoms with Crippen molar-refractivity contribution in [1.29, 1.82) is 0 Å². The molecule has 0 spiro atoms. The van der Waals surface area contributed by atoms with Gasteiger partial charge in [0.1, 0.15) is 5.82 Å². The van der Waals surface area contributed by atoms with Gasteiger partial charge >= 0.3 is 0 Å². The second-order valence-corrected chi connectivity index (χ2v) is 6.10. The van der Waals surface area contributed by atoms with Crippen molar-refractivity contribution in [2.75, 3.05) is 6.54 Å². The minimum Gasteiger partial charge on any atom is -0.352 e. The van der Waals surface area contributed by atoms with Gasteiger partial charge in [0.25, 0.3) is 5.91 Å². The molecular weight excluding hydrogens is 341 g/mol. The number of hydrogen-bond acceptors (Lipinski definition) is 2. The smallest absolute Gasteiger partial charge is 0.254 e. The number of amides is 1. The Hall–Kier alpha value is -2.66. The maximum Gasteiger partial charge on any atom is 0.254 e. The summed E-state index contributed by atoms with van der Waals surface area (Å²) >= 11 is 6.01. The van der Waals surface area contributed by atoms with Crippen LogP contribution in [0, 0.1) is 12.7 Å². The molecule has 0 aliphatic carbocycles. The lowest BCUT2D eigenvalue weighted by atomic mass is 10.1. The molecule has 1 aromatic heterocycles. The summed E-state index contributed by atoms with van der Waals surface area (Å²) in [6.07, 6.45) is 2.18. The molecule has 2 aromatic carbocycles. The Morgan fingerprint density at radius 1 is 1.24 bits per heavy atom. The fourth-order valence-electron chi connectivity index (χ4n) is 2.57. The van der Waals surface area contributed by atoms with Gasteiger partial charge in [-0.1, -0.05) is 29.8 Å². The van der Waals surface area contributed by atoms with Crippen LogP contribution in [0.4, 0.5) is 4.39 Å². The Bertz CT molecular complexity index is 890. The van der Waals surface area contributed by atoms with E-state index in [0.29, 0.717) is 23.6 Å². The van der Waals surface area contributed by atoms with Crippen LogP contribution in [0.25, 0.3) is 5.69 Å². The van der Waals surface area contributed by atoms with Gasteiger partial charge in [0.15, 0.2) is 0 Å². The number of nitrogens with one attached hydrogen (secondary N) is 1. The number of benzene rings is 2. The zero-order valence-electron chi connectivity index (χ0n) is 13.7. The number of rotatable bonds is 5. The minimum atomic E-state index is -0.267. The third-order valence-electron chi connectivity index (χ3n) is 3.92. The Balaban J connectivity index is 1.65. The summed E-state index contributed by atoms with van der Waals surface area (Å²) in [4.78, 5) is 12.4. The predicted molar refractivity (Wildman–Crippen MR) is 95.7 cm³/mol. The Labute approximate surface area is 150 Å². The van der Waals surface area contributed by atoms with E-state index in [1.165, 1.54) is 12.1 Å². The van der Waals surface area contributed by atoms with Crippen LogP contribution < -0.4 is 5.32 Å². The topological polar surface area (TPSA) is 46.9 Å². The molecule has 0 aliphatic rings. The molecule has 0 radical (unpaired) electrons. The second kappa shape index (κ2) is 7.49. The van der Waals surface area contributed by atoms with Crippen molar-refractivity contribution in [3.8, 4) is 5.69 Å². The van der Waals surface area contributed by atoms with E-state index in [-0.39, 0.29) is 11.7 Å². The predicted octanol–water partition coefficient (Wildman–Crippen LogP) is 3.95. The largest absolute Gasteiger partial charge is 0.352 e. The van der Waals surface area contributed by atoms with Gasteiger partial charge in [-0.2, -0.15) is 5.10 Å². The average molecular weight is 358 g/mol. The molecule has 3 rings (SSSR count). The van der Waals surface area contributed by atoms with Crippen molar-refractivity contribution in [2.45, 2.75) is 13.3 Å². The summed E-state index contributed by atoms with van der Waals surface area (Å²) in [5, 5.41) is 7.76. The summed E-state index contributed by atoms with van der Waals surface area (Å²) in [5.74, 6) is -0.454. The maximum absolute atomic E-state index is 12.9. The fourth-order valence-corrected chi connectivity index (χ4v) is 2.75. The van der Waals surface area contributed by atoms with Crippen molar-refractivity contribution in [2.24, 2.45) is 0 Å². The van der Waals surface area contributed by atoms with Crippen LogP contribution in [0.2, 0.25) is 5.02 Å². The number of aromatic nitrogens is 2. The molecular formula is C19H17ClFN3O. The summed E-state index contributed by atoms with van der Waals surface area (Å²) < 4.78 is 14.6. The van der Waals surface area contributed by atoms with Gasteiger partial charge in [-0.15, -0.1) is 0 Å². The van der Waals surface area contributed by atoms with Gasteiger partial charge in [0, 0.05) is 11.6 Å². The van der Waals surface area contributed by atoms with Crippen molar-refractivity contribution >= 4 is 17.5 Å². The van der Waals surface area contributed by atoms with Crippen LogP contribution in [0.3, 0.4) is 0 Å². The first kappa shape index (κ1) is 17.2. The van der Waals surface area contributed by atoms with E-state index in [0.717, 1.165) is 16.9 Å². The molecule has 0 atom stereocenters. The van der Waals surface area contributed by atoms with E-state index >= 15 is 0 Å². The van der Waals surface area contributed by atoms with Gasteiger partial charge in [0.2, 0.25) is 0 Å². The standard InChI is InChI=1S/C19H17ClFN3O/c1-13-18(12-23-24(13)17-4-2-3-15(20)11-17)19(25)22-10-9-14-5-7-16(21)8-6-14/h2-8,11-12H,9-10H2,1H3,(H,22,25). The first-order valence-electron chi connectivity index (χ1n) is 7.88. The van der Waals surface area contributed by atoms with Crippen molar-refractivity contribution < 1.29 is 9.18 Å². The van der Waals surface area contributed by atoms with E-state index < -0.39 is 0 Å². The Morgan fingerprint density at radius 3 is 2.72 bits per heavy atom. The molecule has 0 unspecified atom stereocenters. The summed E-state index contributed by atoms with van der Waals surface area (Å²) in [6.45, 7) is 2.30. The first-order valence-corrected chi connectivity index (χ1v) is 8.25. The third-order valence-corrected chi connectivity index (χ3v) is 4.15. The van der Waals surface area contributed by atoms with Crippen molar-refractivity contribution in [1.82, 2.24) is 15.1 Å². The molecule has 1 N–H and O–H groups in total. The first-order chi connectivity index (χ1) is 12.0. The van der Waals surface area contributed by atoms with Gasteiger partial charge in [-0.25, -0.2) is 9.07 Å². The zero-order valence-corrected chi connectivity index (χ0v) is 14.4. The lowest BCUT2D eigenvalue weighted by Gasteiger charge is -2.07. The lowest BCUT2D eigenvalue weighted by Crippen LogP contribution is -2.26.